The molecule has 0 atom stereocenters. The number of ether oxygens (including phenoxy) is 1. The standard InChI is InChI=1S/C24H31N3O4/c1-17-9-5-6-10-18(17)15-22(29)26-16-19-11-7-8-12-20(19)27-21(28)13-14-25-23(30)31-24(2,3)4/h5-12H,13-16H2,1-4H3,(H,25,30)(H,26,29)(H,27,28). The highest BCUT2D eigenvalue weighted by molar-refractivity contribution is 5.92. The van der Waals surface area contributed by atoms with E-state index in [-0.39, 0.29) is 24.8 Å². The lowest BCUT2D eigenvalue weighted by Crippen LogP contribution is -2.34. The number of nitrogens with one attached hydrogen (secondary N) is 3. The highest BCUT2D eigenvalue weighted by Crippen LogP contribution is 2.15. The number of benzene rings is 2. The quantitative estimate of drug-likeness (QED) is 0.601. The number of aryl methyl sites for hydroxylation is 1. The molecule has 7 heteroatoms. The first kappa shape index (κ1) is 23.9. The zero-order chi connectivity index (χ0) is 22.9. The van der Waals surface area contributed by atoms with Crippen molar-refractivity contribution < 1.29 is 19.1 Å². The monoisotopic (exact) mass is 425 g/mol. The minimum absolute atomic E-state index is 0.0861. The fourth-order valence-electron chi connectivity index (χ4n) is 2.84. The molecule has 2 rings (SSSR count). The second-order valence-electron chi connectivity index (χ2n) is 8.26. The molecule has 0 radical (unpaired) electrons. The molecule has 0 saturated carbocycles. The van der Waals surface area contributed by atoms with Crippen LogP contribution in [0.5, 0.6) is 0 Å². The van der Waals surface area contributed by atoms with Crippen molar-refractivity contribution >= 4 is 23.6 Å². The summed E-state index contributed by atoms with van der Waals surface area (Å²) in [6.45, 7) is 7.76. The van der Waals surface area contributed by atoms with Crippen LogP contribution in [0.1, 0.15) is 43.9 Å². The zero-order valence-electron chi connectivity index (χ0n) is 18.6. The first-order valence-electron chi connectivity index (χ1n) is 10.3. The second kappa shape index (κ2) is 11.2. The molecule has 0 aromatic heterocycles. The summed E-state index contributed by atoms with van der Waals surface area (Å²) in [6, 6.07) is 15.1. The zero-order valence-corrected chi connectivity index (χ0v) is 18.6. The maximum atomic E-state index is 12.3. The normalized spacial score (nSPS) is 10.8. The van der Waals surface area contributed by atoms with Crippen molar-refractivity contribution in [1.82, 2.24) is 10.6 Å². The molecule has 2 aromatic rings. The molecular formula is C24H31N3O4. The number of anilines is 1. The number of carbonyl (C=O) groups is 3. The Kier molecular flexibility index (Phi) is 8.61. The summed E-state index contributed by atoms with van der Waals surface area (Å²) in [6.07, 6.45) is -0.151. The minimum atomic E-state index is -0.588. The van der Waals surface area contributed by atoms with E-state index in [4.69, 9.17) is 4.74 Å². The molecule has 166 valence electrons. The third kappa shape index (κ3) is 8.90. The van der Waals surface area contributed by atoms with E-state index in [2.05, 4.69) is 16.0 Å². The van der Waals surface area contributed by atoms with Crippen LogP contribution in [0.3, 0.4) is 0 Å². The SMILES string of the molecule is Cc1ccccc1CC(=O)NCc1ccccc1NC(=O)CCNC(=O)OC(C)(C)C. The third-order valence-electron chi connectivity index (χ3n) is 4.40. The van der Waals surface area contributed by atoms with Crippen LogP contribution < -0.4 is 16.0 Å². The molecule has 3 amide bonds. The average molecular weight is 426 g/mol. The molecule has 0 spiro atoms. The van der Waals surface area contributed by atoms with E-state index in [0.29, 0.717) is 18.7 Å². The molecule has 0 bridgehead atoms. The average Bonchev–Trinajstić information content (AvgIpc) is 2.67. The second-order valence-corrected chi connectivity index (χ2v) is 8.26. The molecule has 0 saturated heterocycles. The van der Waals surface area contributed by atoms with Gasteiger partial charge in [0, 0.05) is 25.2 Å². The van der Waals surface area contributed by atoms with Crippen molar-refractivity contribution in [1.29, 1.82) is 0 Å². The van der Waals surface area contributed by atoms with Gasteiger partial charge in [0.25, 0.3) is 0 Å². The predicted octanol–water partition coefficient (Wildman–Crippen LogP) is 3.71. The van der Waals surface area contributed by atoms with Gasteiger partial charge in [0.2, 0.25) is 11.8 Å². The van der Waals surface area contributed by atoms with E-state index in [1.165, 1.54) is 0 Å². The highest BCUT2D eigenvalue weighted by Gasteiger charge is 2.16. The molecular weight excluding hydrogens is 394 g/mol. The molecule has 7 nitrogen and oxygen atoms in total. The van der Waals surface area contributed by atoms with E-state index < -0.39 is 11.7 Å². The van der Waals surface area contributed by atoms with E-state index in [1.807, 2.05) is 49.4 Å². The topological polar surface area (TPSA) is 96.5 Å². The lowest BCUT2D eigenvalue weighted by Gasteiger charge is -2.19. The van der Waals surface area contributed by atoms with Crippen molar-refractivity contribution in [2.45, 2.75) is 52.7 Å². The largest absolute Gasteiger partial charge is 0.444 e. The maximum absolute atomic E-state index is 12.3. The van der Waals surface area contributed by atoms with Crippen LogP contribution in [0.25, 0.3) is 0 Å². The van der Waals surface area contributed by atoms with Gasteiger partial charge < -0.3 is 20.7 Å². The van der Waals surface area contributed by atoms with Crippen molar-refractivity contribution in [2.24, 2.45) is 0 Å². The molecule has 3 N–H and O–H groups in total. The third-order valence-corrected chi connectivity index (χ3v) is 4.40. The fourth-order valence-corrected chi connectivity index (χ4v) is 2.84. The van der Waals surface area contributed by atoms with Crippen molar-refractivity contribution in [3.05, 3.63) is 65.2 Å². The molecule has 0 fully saturated rings. The van der Waals surface area contributed by atoms with Crippen LogP contribution in [0, 0.1) is 6.92 Å². The van der Waals surface area contributed by atoms with Crippen LogP contribution >= 0.6 is 0 Å². The summed E-state index contributed by atoms with van der Waals surface area (Å²) in [5.74, 6) is -0.327. The highest BCUT2D eigenvalue weighted by atomic mass is 16.6. The molecule has 0 aliphatic rings. The summed E-state index contributed by atoms with van der Waals surface area (Å²) in [5.41, 5.74) is 2.90. The smallest absolute Gasteiger partial charge is 0.407 e. The van der Waals surface area contributed by atoms with Gasteiger partial charge in [0.15, 0.2) is 0 Å². The van der Waals surface area contributed by atoms with E-state index in [1.54, 1.807) is 26.8 Å². The Balaban J connectivity index is 1.83. The number of para-hydroxylation sites is 1. The summed E-state index contributed by atoms with van der Waals surface area (Å²) >= 11 is 0. The number of carbonyl (C=O) groups excluding carboxylic acids is 3. The predicted molar refractivity (Wildman–Crippen MR) is 121 cm³/mol. The van der Waals surface area contributed by atoms with E-state index >= 15 is 0 Å². The van der Waals surface area contributed by atoms with Gasteiger partial charge >= 0.3 is 6.09 Å². The maximum Gasteiger partial charge on any atom is 0.407 e. The van der Waals surface area contributed by atoms with Gasteiger partial charge in [-0.05, 0) is 50.5 Å². The van der Waals surface area contributed by atoms with E-state index in [9.17, 15) is 14.4 Å². The Morgan fingerprint density at radius 3 is 2.19 bits per heavy atom. The van der Waals surface area contributed by atoms with Gasteiger partial charge in [0.05, 0.1) is 6.42 Å². The molecule has 2 aromatic carbocycles. The number of alkyl carbamates (subject to hydrolysis) is 1. The number of hydrogen-bond acceptors (Lipinski definition) is 4. The first-order valence-corrected chi connectivity index (χ1v) is 10.3. The Labute approximate surface area is 183 Å². The first-order chi connectivity index (χ1) is 14.6. The van der Waals surface area contributed by atoms with E-state index in [0.717, 1.165) is 16.7 Å². The Morgan fingerprint density at radius 1 is 0.871 bits per heavy atom. The molecule has 0 aliphatic heterocycles. The van der Waals surface area contributed by atoms with Crippen LogP contribution in [-0.4, -0.2) is 30.1 Å². The van der Waals surface area contributed by atoms with Crippen molar-refractivity contribution in [2.75, 3.05) is 11.9 Å². The minimum Gasteiger partial charge on any atom is -0.444 e. The van der Waals surface area contributed by atoms with Crippen LogP contribution in [0.2, 0.25) is 0 Å². The number of rotatable bonds is 8. The Morgan fingerprint density at radius 2 is 1.52 bits per heavy atom. The van der Waals surface area contributed by atoms with Crippen LogP contribution in [-0.2, 0) is 27.3 Å². The van der Waals surface area contributed by atoms with Gasteiger partial charge in [-0.15, -0.1) is 0 Å². The molecule has 0 heterocycles. The van der Waals surface area contributed by atoms with Gasteiger partial charge in [-0.1, -0.05) is 42.5 Å². The van der Waals surface area contributed by atoms with Crippen LogP contribution in [0.15, 0.2) is 48.5 Å². The lowest BCUT2D eigenvalue weighted by atomic mass is 10.1. The van der Waals surface area contributed by atoms with Gasteiger partial charge in [-0.2, -0.15) is 0 Å². The summed E-state index contributed by atoms with van der Waals surface area (Å²) in [5, 5.41) is 8.30. The van der Waals surface area contributed by atoms with Gasteiger partial charge in [-0.25, -0.2) is 4.79 Å². The molecule has 31 heavy (non-hydrogen) atoms. The molecule has 0 unspecified atom stereocenters. The van der Waals surface area contributed by atoms with Crippen molar-refractivity contribution in [3.63, 3.8) is 0 Å². The van der Waals surface area contributed by atoms with Crippen molar-refractivity contribution in [3.8, 4) is 0 Å². The Bertz CT molecular complexity index is 919. The van der Waals surface area contributed by atoms with Gasteiger partial charge in [0.1, 0.15) is 5.60 Å². The number of hydrogen-bond donors (Lipinski definition) is 3. The summed E-state index contributed by atoms with van der Waals surface area (Å²) in [4.78, 5) is 36.2. The summed E-state index contributed by atoms with van der Waals surface area (Å²) in [7, 11) is 0. The van der Waals surface area contributed by atoms with Gasteiger partial charge in [-0.3, -0.25) is 9.59 Å². The van der Waals surface area contributed by atoms with Crippen LogP contribution in [0.4, 0.5) is 10.5 Å². The summed E-state index contributed by atoms with van der Waals surface area (Å²) < 4.78 is 5.14. The molecule has 0 aliphatic carbocycles. The Hall–Kier alpha value is -3.35. The fraction of sp³-hybridized carbons (Fsp3) is 0.375. The lowest BCUT2D eigenvalue weighted by molar-refractivity contribution is -0.120. The number of amides is 3.